The number of nitrogens with two attached hydrogens (primary N) is 1. The Balaban J connectivity index is 2.21. The number of anilines is 1. The van der Waals surface area contributed by atoms with Gasteiger partial charge >= 0.3 is 0 Å². The molecule has 3 nitrogen and oxygen atoms in total. The Labute approximate surface area is 108 Å². The van der Waals surface area contributed by atoms with E-state index in [-0.39, 0.29) is 11.9 Å². The van der Waals surface area contributed by atoms with Gasteiger partial charge in [-0.2, -0.15) is 0 Å². The molecule has 1 aliphatic rings. The van der Waals surface area contributed by atoms with E-state index < -0.39 is 0 Å². The summed E-state index contributed by atoms with van der Waals surface area (Å²) in [7, 11) is 1.72. The molecule has 0 bridgehead atoms. The van der Waals surface area contributed by atoms with Crippen molar-refractivity contribution >= 4 is 5.69 Å². The summed E-state index contributed by atoms with van der Waals surface area (Å²) in [5.41, 5.74) is 7.44. The molecule has 1 heterocycles. The van der Waals surface area contributed by atoms with E-state index in [4.69, 9.17) is 10.5 Å². The lowest BCUT2D eigenvalue weighted by Crippen LogP contribution is -2.24. The summed E-state index contributed by atoms with van der Waals surface area (Å²) >= 11 is 0. The van der Waals surface area contributed by atoms with E-state index in [0.29, 0.717) is 11.5 Å². The Bertz CT molecular complexity index is 409. The van der Waals surface area contributed by atoms with E-state index in [1.807, 2.05) is 13.0 Å². The Morgan fingerprint density at radius 3 is 3.00 bits per heavy atom. The van der Waals surface area contributed by atoms with Crippen LogP contribution < -0.4 is 10.6 Å². The van der Waals surface area contributed by atoms with Crippen LogP contribution in [0.5, 0.6) is 0 Å². The average molecular weight is 252 g/mol. The second-order valence-electron chi connectivity index (χ2n) is 5.02. The third-order valence-corrected chi connectivity index (χ3v) is 3.51. The van der Waals surface area contributed by atoms with Gasteiger partial charge in [-0.15, -0.1) is 0 Å². The average Bonchev–Trinajstić information content (AvgIpc) is 2.77. The van der Waals surface area contributed by atoms with E-state index >= 15 is 0 Å². The predicted octanol–water partition coefficient (Wildman–Crippen LogP) is 2.32. The maximum Gasteiger partial charge on any atom is 0.130 e. The fourth-order valence-electron chi connectivity index (χ4n) is 2.68. The Kier molecular flexibility index (Phi) is 4.19. The minimum atomic E-state index is -0.289. The number of methoxy groups -OCH3 is 1. The van der Waals surface area contributed by atoms with E-state index in [9.17, 15) is 4.39 Å². The summed E-state index contributed by atoms with van der Waals surface area (Å²) in [5.74, 6) is 0.317. The minimum Gasteiger partial charge on any atom is -0.384 e. The molecule has 0 saturated carbocycles. The van der Waals surface area contributed by atoms with Gasteiger partial charge in [0.25, 0.3) is 0 Å². The van der Waals surface area contributed by atoms with E-state index in [1.54, 1.807) is 13.2 Å². The Morgan fingerprint density at radius 1 is 1.56 bits per heavy atom. The lowest BCUT2D eigenvalue weighted by Gasteiger charge is -2.24. The molecule has 0 aromatic heterocycles. The van der Waals surface area contributed by atoms with Crippen molar-refractivity contribution in [2.75, 3.05) is 31.7 Å². The molecule has 1 unspecified atom stereocenters. The van der Waals surface area contributed by atoms with Crippen LogP contribution in [0.4, 0.5) is 10.1 Å². The third kappa shape index (κ3) is 2.65. The number of hydrogen-bond donors (Lipinski definition) is 1. The molecule has 18 heavy (non-hydrogen) atoms. The first kappa shape index (κ1) is 13.3. The van der Waals surface area contributed by atoms with Crippen LogP contribution in [0.15, 0.2) is 18.2 Å². The molecule has 100 valence electrons. The van der Waals surface area contributed by atoms with Gasteiger partial charge in [0.2, 0.25) is 0 Å². The van der Waals surface area contributed by atoms with Crippen molar-refractivity contribution in [1.82, 2.24) is 0 Å². The molecule has 0 spiro atoms. The van der Waals surface area contributed by atoms with Crippen LogP contribution in [0.3, 0.4) is 0 Å². The van der Waals surface area contributed by atoms with Crippen LogP contribution >= 0.6 is 0 Å². The van der Waals surface area contributed by atoms with Gasteiger partial charge in [-0.05, 0) is 25.5 Å². The van der Waals surface area contributed by atoms with Crippen molar-refractivity contribution < 1.29 is 9.13 Å². The molecule has 1 aliphatic heterocycles. The highest BCUT2D eigenvalue weighted by molar-refractivity contribution is 5.56. The SMILES string of the molecule is COCC1CCN(c2cccc(F)c2[C@@H](C)N)C1. The van der Waals surface area contributed by atoms with Gasteiger partial charge in [0.05, 0.1) is 6.61 Å². The van der Waals surface area contributed by atoms with Crippen LogP contribution in [-0.4, -0.2) is 26.8 Å². The summed E-state index contributed by atoms with van der Waals surface area (Å²) in [5, 5.41) is 0. The van der Waals surface area contributed by atoms with E-state index in [0.717, 1.165) is 31.8 Å². The van der Waals surface area contributed by atoms with Gasteiger partial charge < -0.3 is 15.4 Å². The number of nitrogens with zero attached hydrogens (tertiary/aromatic N) is 1. The van der Waals surface area contributed by atoms with E-state index in [1.165, 1.54) is 6.07 Å². The second kappa shape index (κ2) is 5.67. The monoisotopic (exact) mass is 252 g/mol. The lowest BCUT2D eigenvalue weighted by atomic mass is 10.1. The van der Waals surface area contributed by atoms with Crippen molar-refractivity contribution in [3.63, 3.8) is 0 Å². The molecule has 2 atom stereocenters. The van der Waals surface area contributed by atoms with Crippen molar-refractivity contribution in [3.8, 4) is 0 Å². The summed E-state index contributed by atoms with van der Waals surface area (Å²) in [6, 6.07) is 4.89. The highest BCUT2D eigenvalue weighted by Crippen LogP contribution is 2.31. The van der Waals surface area contributed by atoms with Crippen LogP contribution in [0.2, 0.25) is 0 Å². The number of benzene rings is 1. The maximum absolute atomic E-state index is 13.9. The smallest absolute Gasteiger partial charge is 0.130 e. The maximum atomic E-state index is 13.9. The topological polar surface area (TPSA) is 38.5 Å². The lowest BCUT2D eigenvalue weighted by molar-refractivity contribution is 0.161. The van der Waals surface area contributed by atoms with Crippen molar-refractivity contribution in [3.05, 3.63) is 29.6 Å². The molecule has 1 aromatic rings. The molecule has 0 aliphatic carbocycles. The van der Waals surface area contributed by atoms with Crippen LogP contribution in [0.1, 0.15) is 24.9 Å². The minimum absolute atomic E-state index is 0.210. The molecular formula is C14H21FN2O. The van der Waals surface area contributed by atoms with E-state index in [2.05, 4.69) is 4.90 Å². The van der Waals surface area contributed by atoms with Crippen molar-refractivity contribution in [2.24, 2.45) is 11.7 Å². The Morgan fingerprint density at radius 2 is 2.33 bits per heavy atom. The number of rotatable bonds is 4. The summed E-state index contributed by atoms with van der Waals surface area (Å²) in [4.78, 5) is 2.21. The molecule has 1 aromatic carbocycles. The standard InChI is InChI=1S/C14H21FN2O/c1-10(16)14-12(15)4-3-5-13(14)17-7-6-11(8-17)9-18-2/h3-5,10-11H,6-9,16H2,1-2H3/t10-,11?/m1/s1. The van der Waals surface area contributed by atoms with Gasteiger partial charge in [0, 0.05) is 43.4 Å². The van der Waals surface area contributed by atoms with Crippen molar-refractivity contribution in [2.45, 2.75) is 19.4 Å². The third-order valence-electron chi connectivity index (χ3n) is 3.51. The molecule has 2 rings (SSSR count). The van der Waals surface area contributed by atoms with Gasteiger partial charge in [0.15, 0.2) is 0 Å². The summed E-state index contributed by atoms with van der Waals surface area (Å²) in [6.07, 6.45) is 1.09. The molecule has 1 fully saturated rings. The molecule has 0 amide bonds. The van der Waals surface area contributed by atoms with Gasteiger partial charge in [0.1, 0.15) is 5.82 Å². The number of halogens is 1. The normalized spacial score (nSPS) is 21.3. The largest absolute Gasteiger partial charge is 0.384 e. The highest BCUT2D eigenvalue weighted by atomic mass is 19.1. The van der Waals surface area contributed by atoms with Gasteiger partial charge in [-0.1, -0.05) is 6.07 Å². The van der Waals surface area contributed by atoms with Crippen LogP contribution in [-0.2, 0) is 4.74 Å². The first-order valence-electron chi connectivity index (χ1n) is 6.41. The highest BCUT2D eigenvalue weighted by Gasteiger charge is 2.25. The molecule has 2 N–H and O–H groups in total. The fraction of sp³-hybridized carbons (Fsp3) is 0.571. The fourth-order valence-corrected chi connectivity index (χ4v) is 2.68. The number of hydrogen-bond acceptors (Lipinski definition) is 3. The first-order valence-corrected chi connectivity index (χ1v) is 6.41. The number of ether oxygens (including phenoxy) is 1. The predicted molar refractivity (Wildman–Crippen MR) is 71.2 cm³/mol. The zero-order valence-electron chi connectivity index (χ0n) is 11.0. The zero-order chi connectivity index (χ0) is 13.1. The van der Waals surface area contributed by atoms with Crippen LogP contribution in [0, 0.1) is 11.7 Å². The second-order valence-corrected chi connectivity index (χ2v) is 5.02. The quantitative estimate of drug-likeness (QED) is 0.893. The molecule has 4 heteroatoms. The zero-order valence-corrected chi connectivity index (χ0v) is 11.0. The molecular weight excluding hydrogens is 231 g/mol. The summed E-state index contributed by atoms with van der Waals surface area (Å²) in [6.45, 7) is 4.44. The Hall–Kier alpha value is -1.13. The molecule has 0 radical (unpaired) electrons. The van der Waals surface area contributed by atoms with Crippen LogP contribution in [0.25, 0.3) is 0 Å². The van der Waals surface area contributed by atoms with Crippen molar-refractivity contribution in [1.29, 1.82) is 0 Å². The molecule has 1 saturated heterocycles. The first-order chi connectivity index (χ1) is 8.63. The van der Waals surface area contributed by atoms with Gasteiger partial charge in [-0.3, -0.25) is 0 Å². The summed E-state index contributed by atoms with van der Waals surface area (Å²) < 4.78 is 19.1. The van der Waals surface area contributed by atoms with Gasteiger partial charge in [-0.25, -0.2) is 4.39 Å².